The van der Waals surface area contributed by atoms with E-state index in [0.717, 1.165) is 37.2 Å². The number of likely N-dealkylation sites (tertiary alicyclic amines) is 1. The SMILES string of the molecule is CC(C)OC(=O)c1cccnc1N(C)C1CCN(Cc2cccc(-c3ccc(F)cc3)c2)C1. The fraction of sp³-hybridized carbons (Fsp3) is 0.333. The molecule has 1 unspecified atom stereocenters. The zero-order chi connectivity index (χ0) is 23.4. The fourth-order valence-corrected chi connectivity index (χ4v) is 4.31. The summed E-state index contributed by atoms with van der Waals surface area (Å²) in [6.07, 6.45) is 2.53. The molecule has 5 nitrogen and oxygen atoms in total. The molecule has 33 heavy (non-hydrogen) atoms. The fourth-order valence-electron chi connectivity index (χ4n) is 4.31. The standard InChI is InChI=1S/C27H30FN3O2/c1-19(2)33-27(32)25-8-5-14-29-26(25)30(3)24-13-15-31(18-24)17-20-6-4-7-22(16-20)21-9-11-23(28)12-10-21/h4-12,14,16,19,24H,13,15,17-18H2,1-3H3. The van der Waals surface area contributed by atoms with Crippen molar-refractivity contribution in [1.29, 1.82) is 0 Å². The molecule has 3 aromatic rings. The van der Waals surface area contributed by atoms with Crippen LogP contribution in [0.4, 0.5) is 10.2 Å². The van der Waals surface area contributed by atoms with E-state index in [1.54, 1.807) is 18.3 Å². The average Bonchev–Trinajstić information content (AvgIpc) is 3.27. The molecule has 6 heteroatoms. The van der Waals surface area contributed by atoms with E-state index in [0.29, 0.717) is 11.4 Å². The van der Waals surface area contributed by atoms with Crippen LogP contribution in [-0.4, -0.2) is 48.1 Å². The maximum atomic E-state index is 13.3. The first-order valence-corrected chi connectivity index (χ1v) is 11.4. The molecule has 2 heterocycles. The van der Waals surface area contributed by atoms with Crippen molar-refractivity contribution >= 4 is 11.8 Å². The van der Waals surface area contributed by atoms with E-state index in [1.165, 1.54) is 17.7 Å². The minimum absolute atomic E-state index is 0.177. The number of carbonyl (C=O) groups is 1. The van der Waals surface area contributed by atoms with Gasteiger partial charge in [0, 0.05) is 38.9 Å². The highest BCUT2D eigenvalue weighted by molar-refractivity contribution is 5.94. The smallest absolute Gasteiger partial charge is 0.342 e. The van der Waals surface area contributed by atoms with Crippen LogP contribution in [0.5, 0.6) is 0 Å². The van der Waals surface area contributed by atoms with Gasteiger partial charge in [0.15, 0.2) is 0 Å². The molecule has 0 aliphatic carbocycles. The molecule has 0 N–H and O–H groups in total. The first-order valence-electron chi connectivity index (χ1n) is 11.4. The highest BCUT2D eigenvalue weighted by Gasteiger charge is 2.29. The number of aromatic nitrogens is 1. The Labute approximate surface area is 194 Å². The highest BCUT2D eigenvalue weighted by Crippen LogP contribution is 2.26. The zero-order valence-electron chi connectivity index (χ0n) is 19.4. The molecule has 1 atom stereocenters. The van der Waals surface area contributed by atoms with E-state index < -0.39 is 0 Å². The third kappa shape index (κ3) is 5.57. The molecule has 1 aliphatic rings. The molecule has 172 valence electrons. The minimum Gasteiger partial charge on any atom is -0.459 e. The van der Waals surface area contributed by atoms with Gasteiger partial charge in [-0.2, -0.15) is 0 Å². The largest absolute Gasteiger partial charge is 0.459 e. The zero-order valence-corrected chi connectivity index (χ0v) is 19.4. The number of likely N-dealkylation sites (N-methyl/N-ethyl adjacent to an activating group) is 1. The van der Waals surface area contributed by atoms with Gasteiger partial charge in [-0.05, 0) is 67.3 Å². The van der Waals surface area contributed by atoms with Crippen LogP contribution in [0.15, 0.2) is 66.9 Å². The van der Waals surface area contributed by atoms with Crippen LogP contribution in [0.2, 0.25) is 0 Å². The molecular weight excluding hydrogens is 417 g/mol. The van der Waals surface area contributed by atoms with E-state index in [1.807, 2.05) is 39.1 Å². The predicted octanol–water partition coefficient (Wildman–Crippen LogP) is 5.16. The van der Waals surface area contributed by atoms with Crippen molar-refractivity contribution < 1.29 is 13.9 Å². The summed E-state index contributed by atoms with van der Waals surface area (Å²) in [7, 11) is 2.00. The van der Waals surface area contributed by atoms with Crippen molar-refractivity contribution in [3.05, 3.63) is 83.8 Å². The summed E-state index contributed by atoms with van der Waals surface area (Å²) >= 11 is 0. The molecule has 0 spiro atoms. The van der Waals surface area contributed by atoms with E-state index in [-0.39, 0.29) is 23.9 Å². The number of halogens is 1. The van der Waals surface area contributed by atoms with Gasteiger partial charge in [0.2, 0.25) is 0 Å². The van der Waals surface area contributed by atoms with Crippen molar-refractivity contribution in [3.8, 4) is 11.1 Å². The second kappa shape index (κ2) is 10.1. The van der Waals surface area contributed by atoms with Crippen molar-refractivity contribution in [1.82, 2.24) is 9.88 Å². The number of rotatable bonds is 7. The normalized spacial score (nSPS) is 16.2. The van der Waals surface area contributed by atoms with Gasteiger partial charge >= 0.3 is 5.97 Å². The first-order chi connectivity index (χ1) is 15.9. The van der Waals surface area contributed by atoms with Gasteiger partial charge in [0.05, 0.1) is 6.10 Å². The van der Waals surface area contributed by atoms with Gasteiger partial charge in [-0.15, -0.1) is 0 Å². The molecule has 4 rings (SSSR count). The van der Waals surface area contributed by atoms with E-state index in [4.69, 9.17) is 4.74 Å². The van der Waals surface area contributed by atoms with Crippen molar-refractivity contribution in [2.24, 2.45) is 0 Å². The average molecular weight is 448 g/mol. The molecule has 0 bridgehead atoms. The van der Waals surface area contributed by atoms with Gasteiger partial charge in [0.1, 0.15) is 17.2 Å². The Bertz CT molecular complexity index is 1100. The number of benzene rings is 2. The summed E-state index contributed by atoms with van der Waals surface area (Å²) in [6.45, 7) is 6.37. The number of pyridine rings is 1. The van der Waals surface area contributed by atoms with Gasteiger partial charge < -0.3 is 9.64 Å². The van der Waals surface area contributed by atoms with Crippen LogP contribution in [-0.2, 0) is 11.3 Å². The molecule has 1 aliphatic heterocycles. The van der Waals surface area contributed by atoms with Gasteiger partial charge in [-0.1, -0.05) is 30.3 Å². The maximum absolute atomic E-state index is 13.3. The Kier molecular flexibility index (Phi) is 7.04. The van der Waals surface area contributed by atoms with E-state index >= 15 is 0 Å². The Balaban J connectivity index is 1.43. The second-order valence-corrected chi connectivity index (χ2v) is 8.82. The number of ether oxygens (including phenoxy) is 1. The van der Waals surface area contributed by atoms with Gasteiger partial charge in [-0.25, -0.2) is 14.2 Å². The molecule has 0 radical (unpaired) electrons. The lowest BCUT2D eigenvalue weighted by Gasteiger charge is -2.27. The molecule has 2 aromatic carbocycles. The van der Waals surface area contributed by atoms with Crippen LogP contribution in [0.25, 0.3) is 11.1 Å². The van der Waals surface area contributed by atoms with E-state index in [2.05, 4.69) is 33.0 Å². The summed E-state index contributed by atoms with van der Waals surface area (Å²) in [5.41, 5.74) is 3.81. The number of hydrogen-bond donors (Lipinski definition) is 0. The van der Waals surface area contributed by atoms with Crippen LogP contribution in [0, 0.1) is 5.82 Å². The minimum atomic E-state index is -0.340. The van der Waals surface area contributed by atoms with E-state index in [9.17, 15) is 9.18 Å². The number of esters is 1. The molecule has 1 saturated heterocycles. The number of nitrogens with zero attached hydrogens (tertiary/aromatic N) is 3. The van der Waals surface area contributed by atoms with Gasteiger partial charge in [0.25, 0.3) is 0 Å². The Hall–Kier alpha value is -3.25. The third-order valence-electron chi connectivity index (χ3n) is 5.99. The van der Waals surface area contributed by atoms with Crippen molar-refractivity contribution in [3.63, 3.8) is 0 Å². The Morgan fingerprint density at radius 3 is 2.70 bits per heavy atom. The summed E-state index contributed by atoms with van der Waals surface area (Å²) in [5.74, 6) is 0.0939. The maximum Gasteiger partial charge on any atom is 0.342 e. The van der Waals surface area contributed by atoms with Gasteiger partial charge in [-0.3, -0.25) is 4.90 Å². The Morgan fingerprint density at radius 2 is 1.94 bits per heavy atom. The third-order valence-corrected chi connectivity index (χ3v) is 5.99. The summed E-state index contributed by atoms with van der Waals surface area (Å²) < 4.78 is 18.7. The monoisotopic (exact) mass is 447 g/mol. The lowest BCUT2D eigenvalue weighted by Crippen LogP contribution is -2.36. The first kappa shape index (κ1) is 22.9. The van der Waals surface area contributed by atoms with Crippen molar-refractivity contribution in [2.75, 3.05) is 25.0 Å². The van der Waals surface area contributed by atoms with Crippen molar-refractivity contribution in [2.45, 2.75) is 39.0 Å². The van der Waals surface area contributed by atoms with Crippen LogP contribution in [0.1, 0.15) is 36.2 Å². The van der Waals surface area contributed by atoms with Crippen LogP contribution < -0.4 is 4.90 Å². The molecule has 0 saturated carbocycles. The summed E-state index contributed by atoms with van der Waals surface area (Å²) in [4.78, 5) is 21.6. The topological polar surface area (TPSA) is 45.7 Å². The second-order valence-electron chi connectivity index (χ2n) is 8.82. The lowest BCUT2D eigenvalue weighted by molar-refractivity contribution is 0.0378. The quantitative estimate of drug-likeness (QED) is 0.468. The summed E-state index contributed by atoms with van der Waals surface area (Å²) in [6, 6.07) is 18.8. The summed E-state index contributed by atoms with van der Waals surface area (Å²) in [5, 5.41) is 0. The van der Waals surface area contributed by atoms with Crippen LogP contribution >= 0.6 is 0 Å². The molecule has 1 aromatic heterocycles. The predicted molar refractivity (Wildman–Crippen MR) is 129 cm³/mol. The van der Waals surface area contributed by atoms with Crippen LogP contribution in [0.3, 0.4) is 0 Å². The molecule has 0 amide bonds. The molecular formula is C27H30FN3O2. The molecule has 1 fully saturated rings. The number of hydrogen-bond acceptors (Lipinski definition) is 5. The Morgan fingerprint density at radius 1 is 1.15 bits per heavy atom. The lowest BCUT2D eigenvalue weighted by atomic mass is 10.0. The number of carbonyl (C=O) groups excluding carboxylic acids is 1. The highest BCUT2D eigenvalue weighted by atomic mass is 19.1. The number of anilines is 1.